The SMILES string of the molecule is CCS(=O)(=O)N(Cc1cccnc1)c1ccc(OC(F)(F)F)cc1. The van der Waals surface area contributed by atoms with E-state index in [0.717, 1.165) is 16.4 Å². The Morgan fingerprint density at radius 2 is 1.83 bits per heavy atom. The van der Waals surface area contributed by atoms with Crippen LogP contribution in [0.5, 0.6) is 5.75 Å². The van der Waals surface area contributed by atoms with Gasteiger partial charge in [-0.15, -0.1) is 13.2 Å². The van der Waals surface area contributed by atoms with Gasteiger partial charge >= 0.3 is 6.36 Å². The largest absolute Gasteiger partial charge is 0.573 e. The summed E-state index contributed by atoms with van der Waals surface area (Å²) in [5.41, 5.74) is 0.903. The number of ether oxygens (including phenoxy) is 1. The average Bonchev–Trinajstić information content (AvgIpc) is 2.53. The molecule has 0 saturated carbocycles. The summed E-state index contributed by atoms with van der Waals surface area (Å²) >= 11 is 0. The zero-order valence-corrected chi connectivity index (χ0v) is 13.5. The fourth-order valence-corrected chi connectivity index (χ4v) is 3.08. The van der Waals surface area contributed by atoms with Crippen molar-refractivity contribution < 1.29 is 26.3 Å². The minimum Gasteiger partial charge on any atom is -0.406 e. The highest BCUT2D eigenvalue weighted by molar-refractivity contribution is 7.92. The van der Waals surface area contributed by atoms with Gasteiger partial charge in [-0.2, -0.15) is 0 Å². The van der Waals surface area contributed by atoms with E-state index < -0.39 is 22.1 Å². The molecule has 0 saturated heterocycles. The number of aromatic nitrogens is 1. The Hall–Kier alpha value is -2.29. The third kappa shape index (κ3) is 4.85. The molecular weight excluding hydrogens is 345 g/mol. The highest BCUT2D eigenvalue weighted by atomic mass is 32.2. The van der Waals surface area contributed by atoms with Gasteiger partial charge in [-0.1, -0.05) is 6.07 Å². The molecule has 9 heteroatoms. The van der Waals surface area contributed by atoms with Crippen molar-refractivity contribution in [3.63, 3.8) is 0 Å². The Balaban J connectivity index is 2.30. The van der Waals surface area contributed by atoms with Gasteiger partial charge in [-0.25, -0.2) is 8.42 Å². The van der Waals surface area contributed by atoms with Crippen LogP contribution in [0.3, 0.4) is 0 Å². The van der Waals surface area contributed by atoms with Crippen LogP contribution in [0.25, 0.3) is 0 Å². The highest BCUT2D eigenvalue weighted by Crippen LogP contribution is 2.27. The molecule has 2 aromatic rings. The molecule has 0 fully saturated rings. The predicted octanol–water partition coefficient (Wildman–Crippen LogP) is 3.34. The first-order valence-corrected chi connectivity index (χ1v) is 8.57. The van der Waals surface area contributed by atoms with Crippen molar-refractivity contribution in [2.75, 3.05) is 10.1 Å². The molecule has 0 atom stereocenters. The second-order valence-electron chi connectivity index (χ2n) is 4.81. The molecule has 0 aliphatic heterocycles. The Labute approximate surface area is 137 Å². The van der Waals surface area contributed by atoms with Crippen LogP contribution in [0, 0.1) is 0 Å². The maximum absolute atomic E-state index is 12.3. The second kappa shape index (κ2) is 7.08. The number of anilines is 1. The molecule has 130 valence electrons. The van der Waals surface area contributed by atoms with E-state index in [2.05, 4.69) is 9.72 Å². The molecule has 24 heavy (non-hydrogen) atoms. The summed E-state index contributed by atoms with van der Waals surface area (Å²) in [6, 6.07) is 8.07. The summed E-state index contributed by atoms with van der Waals surface area (Å²) in [4.78, 5) is 3.93. The molecule has 0 aliphatic rings. The number of sulfonamides is 1. The summed E-state index contributed by atoms with van der Waals surface area (Å²) in [6.45, 7) is 1.52. The van der Waals surface area contributed by atoms with E-state index in [4.69, 9.17) is 0 Å². The number of hydrogen-bond donors (Lipinski definition) is 0. The monoisotopic (exact) mass is 360 g/mol. The van der Waals surface area contributed by atoms with Crippen LogP contribution >= 0.6 is 0 Å². The third-order valence-electron chi connectivity index (χ3n) is 3.11. The Bertz CT molecular complexity index is 763. The van der Waals surface area contributed by atoms with Gasteiger partial charge in [0.25, 0.3) is 0 Å². The van der Waals surface area contributed by atoms with Gasteiger partial charge in [0.15, 0.2) is 0 Å². The van der Waals surface area contributed by atoms with Gasteiger partial charge in [0.05, 0.1) is 18.0 Å². The maximum Gasteiger partial charge on any atom is 0.573 e. The number of hydrogen-bond acceptors (Lipinski definition) is 4. The van der Waals surface area contributed by atoms with Crippen molar-refractivity contribution in [3.05, 3.63) is 54.4 Å². The third-order valence-corrected chi connectivity index (χ3v) is 4.85. The molecule has 1 aromatic carbocycles. The molecule has 1 heterocycles. The van der Waals surface area contributed by atoms with E-state index >= 15 is 0 Å². The highest BCUT2D eigenvalue weighted by Gasteiger charge is 2.31. The minimum absolute atomic E-state index is 0.0312. The molecule has 0 aliphatic carbocycles. The van der Waals surface area contributed by atoms with E-state index in [-0.39, 0.29) is 18.0 Å². The standard InChI is InChI=1S/C15H15F3N2O3S/c1-2-24(21,22)20(11-12-4-3-9-19-10-12)13-5-7-14(8-6-13)23-15(16,17)18/h3-10H,2,11H2,1H3. The van der Waals surface area contributed by atoms with Crippen LogP contribution in [0.1, 0.15) is 12.5 Å². The van der Waals surface area contributed by atoms with E-state index in [1.165, 1.54) is 25.3 Å². The summed E-state index contributed by atoms with van der Waals surface area (Å²) in [7, 11) is -3.62. The fraction of sp³-hybridized carbons (Fsp3) is 0.267. The molecular formula is C15H15F3N2O3S. The topological polar surface area (TPSA) is 59.5 Å². The first-order chi connectivity index (χ1) is 11.2. The fourth-order valence-electron chi connectivity index (χ4n) is 1.98. The second-order valence-corrected chi connectivity index (χ2v) is 6.99. The first-order valence-electron chi connectivity index (χ1n) is 6.96. The zero-order valence-electron chi connectivity index (χ0n) is 12.7. The van der Waals surface area contributed by atoms with Crippen LogP contribution in [-0.4, -0.2) is 25.5 Å². The molecule has 0 unspecified atom stereocenters. The van der Waals surface area contributed by atoms with Gasteiger partial charge in [0, 0.05) is 12.4 Å². The molecule has 0 spiro atoms. The number of halogens is 3. The summed E-state index contributed by atoms with van der Waals surface area (Å²) in [5, 5.41) is 0. The summed E-state index contributed by atoms with van der Waals surface area (Å²) < 4.78 is 66.1. The first kappa shape index (κ1) is 18.1. The predicted molar refractivity (Wildman–Crippen MR) is 83.0 cm³/mol. The lowest BCUT2D eigenvalue weighted by Gasteiger charge is -2.24. The molecule has 1 aromatic heterocycles. The quantitative estimate of drug-likeness (QED) is 0.793. The molecule has 0 amide bonds. The normalized spacial score (nSPS) is 12.0. The number of nitrogens with zero attached hydrogens (tertiary/aromatic N) is 2. The van der Waals surface area contributed by atoms with Crippen LogP contribution < -0.4 is 9.04 Å². The summed E-state index contributed by atoms with van der Waals surface area (Å²) in [6.07, 6.45) is -1.71. The van der Waals surface area contributed by atoms with Crippen molar-refractivity contribution in [1.82, 2.24) is 4.98 Å². The summed E-state index contributed by atoms with van der Waals surface area (Å²) in [5.74, 6) is -0.560. The van der Waals surface area contributed by atoms with E-state index in [9.17, 15) is 21.6 Å². The van der Waals surface area contributed by atoms with Gasteiger partial charge in [0.2, 0.25) is 10.0 Å². The number of benzene rings is 1. The van der Waals surface area contributed by atoms with Crippen LogP contribution in [0.15, 0.2) is 48.8 Å². The van der Waals surface area contributed by atoms with Crippen molar-refractivity contribution in [2.24, 2.45) is 0 Å². The number of rotatable bonds is 6. The van der Waals surface area contributed by atoms with Gasteiger partial charge < -0.3 is 4.74 Å². The molecule has 0 bridgehead atoms. The van der Waals surface area contributed by atoms with Crippen LogP contribution in [-0.2, 0) is 16.6 Å². The Morgan fingerprint density at radius 1 is 1.17 bits per heavy atom. The number of pyridine rings is 1. The lowest BCUT2D eigenvalue weighted by Crippen LogP contribution is -2.31. The van der Waals surface area contributed by atoms with Gasteiger partial charge in [-0.3, -0.25) is 9.29 Å². The van der Waals surface area contributed by atoms with Crippen molar-refractivity contribution in [3.8, 4) is 5.75 Å². The van der Waals surface area contributed by atoms with Crippen LogP contribution in [0.4, 0.5) is 18.9 Å². The lowest BCUT2D eigenvalue weighted by atomic mass is 10.2. The zero-order chi connectivity index (χ0) is 17.8. The van der Waals surface area contributed by atoms with E-state index in [0.29, 0.717) is 5.56 Å². The van der Waals surface area contributed by atoms with Crippen molar-refractivity contribution in [2.45, 2.75) is 19.8 Å². The lowest BCUT2D eigenvalue weighted by molar-refractivity contribution is -0.274. The minimum atomic E-state index is -4.80. The van der Waals surface area contributed by atoms with E-state index in [1.807, 2.05) is 0 Å². The smallest absolute Gasteiger partial charge is 0.406 e. The number of alkyl halides is 3. The Kier molecular flexibility index (Phi) is 5.33. The van der Waals surface area contributed by atoms with Crippen LogP contribution in [0.2, 0.25) is 0 Å². The van der Waals surface area contributed by atoms with Gasteiger partial charge in [-0.05, 0) is 42.8 Å². The van der Waals surface area contributed by atoms with Crippen molar-refractivity contribution in [1.29, 1.82) is 0 Å². The molecule has 5 nitrogen and oxygen atoms in total. The average molecular weight is 360 g/mol. The Morgan fingerprint density at radius 3 is 2.33 bits per heavy atom. The maximum atomic E-state index is 12.3. The molecule has 0 N–H and O–H groups in total. The molecule has 2 rings (SSSR count). The van der Waals surface area contributed by atoms with Crippen molar-refractivity contribution >= 4 is 15.7 Å². The molecule has 0 radical (unpaired) electrons. The van der Waals surface area contributed by atoms with E-state index in [1.54, 1.807) is 18.3 Å². The van der Waals surface area contributed by atoms with Gasteiger partial charge in [0.1, 0.15) is 5.75 Å².